The maximum Gasteiger partial charge on any atom is 0.227 e. The Morgan fingerprint density at radius 1 is 0.886 bits per heavy atom. The quantitative estimate of drug-likeness (QED) is 0.380. The minimum Gasteiger partial charge on any atom is -0.457 e. The fourth-order valence-corrected chi connectivity index (χ4v) is 4.14. The number of halogens is 1. The van der Waals surface area contributed by atoms with E-state index in [0.29, 0.717) is 5.75 Å². The van der Waals surface area contributed by atoms with Crippen molar-refractivity contribution >= 4 is 17.4 Å². The topological polar surface area (TPSA) is 67.3 Å². The number of nitrogens with zero attached hydrogens (tertiary/aromatic N) is 3. The van der Waals surface area contributed by atoms with Gasteiger partial charge in [0.25, 0.3) is 0 Å². The number of piperidine rings is 1. The second-order valence-corrected chi connectivity index (χ2v) is 8.46. The molecule has 5 rings (SSSR count). The standard InChI is InChI=1S/C28H25FN4O2/c29-22-8-6-20(7-9-22)26-18-27(31-19-30-26)33-16-14-21(15-17-33)28(34)32-23-10-12-25(13-11-23)35-24-4-2-1-3-5-24/h1-13,18-19,21H,14-17H2,(H,32,34). The number of rotatable bonds is 6. The first-order chi connectivity index (χ1) is 17.1. The lowest BCUT2D eigenvalue weighted by molar-refractivity contribution is -0.120. The van der Waals surface area contributed by atoms with Gasteiger partial charge in [0.2, 0.25) is 5.91 Å². The Morgan fingerprint density at radius 2 is 1.57 bits per heavy atom. The minimum absolute atomic E-state index is 0.0241. The first kappa shape index (κ1) is 22.5. The van der Waals surface area contributed by atoms with Crippen LogP contribution in [0.1, 0.15) is 12.8 Å². The molecule has 1 aromatic heterocycles. The van der Waals surface area contributed by atoms with E-state index in [4.69, 9.17) is 4.74 Å². The predicted molar refractivity (Wildman–Crippen MR) is 134 cm³/mol. The normalized spacial score (nSPS) is 13.9. The molecule has 1 fully saturated rings. The molecule has 35 heavy (non-hydrogen) atoms. The van der Waals surface area contributed by atoms with Crippen molar-refractivity contribution in [3.63, 3.8) is 0 Å². The van der Waals surface area contributed by atoms with Crippen molar-refractivity contribution in [2.75, 3.05) is 23.3 Å². The van der Waals surface area contributed by atoms with Crippen LogP contribution in [0.5, 0.6) is 11.5 Å². The highest BCUT2D eigenvalue weighted by Crippen LogP contribution is 2.27. The number of carbonyl (C=O) groups is 1. The average Bonchev–Trinajstić information content (AvgIpc) is 2.91. The van der Waals surface area contributed by atoms with Gasteiger partial charge in [0, 0.05) is 36.3 Å². The molecule has 1 saturated heterocycles. The first-order valence-electron chi connectivity index (χ1n) is 11.6. The van der Waals surface area contributed by atoms with Gasteiger partial charge in [0.15, 0.2) is 0 Å². The molecule has 1 N–H and O–H groups in total. The summed E-state index contributed by atoms with van der Waals surface area (Å²) in [5, 5.41) is 3.02. The van der Waals surface area contributed by atoms with Crippen molar-refractivity contribution in [3.8, 4) is 22.8 Å². The van der Waals surface area contributed by atoms with Crippen LogP contribution in [0.25, 0.3) is 11.3 Å². The van der Waals surface area contributed by atoms with Gasteiger partial charge in [-0.25, -0.2) is 14.4 Å². The van der Waals surface area contributed by atoms with E-state index in [1.807, 2.05) is 60.7 Å². The number of aromatic nitrogens is 2. The lowest BCUT2D eigenvalue weighted by atomic mass is 9.95. The highest BCUT2D eigenvalue weighted by atomic mass is 19.1. The Balaban J connectivity index is 1.15. The molecular formula is C28H25FN4O2. The Kier molecular flexibility index (Phi) is 6.66. The van der Waals surface area contributed by atoms with E-state index in [1.54, 1.807) is 12.1 Å². The Hall–Kier alpha value is -4.26. The SMILES string of the molecule is O=C(Nc1ccc(Oc2ccccc2)cc1)C1CCN(c2cc(-c3ccc(F)cc3)ncn2)CC1. The molecule has 176 valence electrons. The largest absolute Gasteiger partial charge is 0.457 e. The number of nitrogens with one attached hydrogen (secondary N) is 1. The number of hydrogen-bond acceptors (Lipinski definition) is 5. The van der Waals surface area contributed by atoms with Crippen LogP contribution in [0.4, 0.5) is 15.9 Å². The van der Waals surface area contributed by atoms with Crippen molar-refractivity contribution in [2.24, 2.45) is 5.92 Å². The van der Waals surface area contributed by atoms with Crippen LogP contribution in [0.2, 0.25) is 0 Å². The third-order valence-electron chi connectivity index (χ3n) is 6.08. The van der Waals surface area contributed by atoms with Crippen LogP contribution < -0.4 is 15.0 Å². The Morgan fingerprint density at radius 3 is 2.29 bits per heavy atom. The molecule has 0 saturated carbocycles. The van der Waals surface area contributed by atoms with Crippen molar-refractivity contribution < 1.29 is 13.9 Å². The highest BCUT2D eigenvalue weighted by molar-refractivity contribution is 5.92. The summed E-state index contributed by atoms with van der Waals surface area (Å²) in [4.78, 5) is 23.7. The molecule has 0 unspecified atom stereocenters. The van der Waals surface area contributed by atoms with E-state index in [2.05, 4.69) is 20.2 Å². The van der Waals surface area contributed by atoms with Crippen LogP contribution in [0, 0.1) is 11.7 Å². The average molecular weight is 469 g/mol. The fourth-order valence-electron chi connectivity index (χ4n) is 4.14. The molecule has 4 aromatic rings. The van der Waals surface area contributed by atoms with Crippen molar-refractivity contribution in [3.05, 3.63) is 97.1 Å². The number of ether oxygens (including phenoxy) is 1. The number of anilines is 2. The van der Waals surface area contributed by atoms with Gasteiger partial charge < -0.3 is 15.0 Å². The fraction of sp³-hybridized carbons (Fsp3) is 0.179. The summed E-state index contributed by atoms with van der Waals surface area (Å²) >= 11 is 0. The zero-order valence-corrected chi connectivity index (χ0v) is 19.1. The summed E-state index contributed by atoms with van der Waals surface area (Å²) in [5.74, 6) is 1.98. The summed E-state index contributed by atoms with van der Waals surface area (Å²) < 4.78 is 19.0. The second-order valence-electron chi connectivity index (χ2n) is 8.46. The molecule has 1 amide bonds. The maximum atomic E-state index is 13.2. The smallest absolute Gasteiger partial charge is 0.227 e. The lowest BCUT2D eigenvalue weighted by Gasteiger charge is -2.32. The molecule has 0 bridgehead atoms. The van der Waals surface area contributed by atoms with E-state index in [9.17, 15) is 9.18 Å². The molecule has 0 atom stereocenters. The van der Waals surface area contributed by atoms with Crippen LogP contribution in [-0.2, 0) is 4.79 Å². The van der Waals surface area contributed by atoms with Crippen molar-refractivity contribution in [1.82, 2.24) is 9.97 Å². The first-order valence-corrected chi connectivity index (χ1v) is 11.6. The van der Waals surface area contributed by atoms with E-state index in [-0.39, 0.29) is 17.6 Å². The van der Waals surface area contributed by atoms with Gasteiger partial charge in [-0.15, -0.1) is 0 Å². The third kappa shape index (κ3) is 5.63. The van der Waals surface area contributed by atoms with Gasteiger partial charge in [-0.1, -0.05) is 18.2 Å². The number of para-hydroxylation sites is 1. The second kappa shape index (κ2) is 10.3. The number of benzene rings is 3. The molecule has 0 radical (unpaired) electrons. The molecule has 6 nitrogen and oxygen atoms in total. The Bertz CT molecular complexity index is 1270. The van der Waals surface area contributed by atoms with Crippen molar-refractivity contribution in [2.45, 2.75) is 12.8 Å². The minimum atomic E-state index is -0.278. The van der Waals surface area contributed by atoms with Gasteiger partial charge in [0.1, 0.15) is 29.5 Å². The summed E-state index contributed by atoms with van der Waals surface area (Å²) in [6.07, 6.45) is 2.99. The van der Waals surface area contributed by atoms with E-state index < -0.39 is 0 Å². The van der Waals surface area contributed by atoms with E-state index in [1.165, 1.54) is 18.5 Å². The highest BCUT2D eigenvalue weighted by Gasteiger charge is 2.26. The Labute approximate surface area is 203 Å². The van der Waals surface area contributed by atoms with Crippen molar-refractivity contribution in [1.29, 1.82) is 0 Å². The molecule has 0 aliphatic carbocycles. The maximum absolute atomic E-state index is 13.2. The predicted octanol–water partition coefficient (Wildman–Crippen LogP) is 5.93. The van der Waals surface area contributed by atoms with Crippen LogP contribution >= 0.6 is 0 Å². The van der Waals surface area contributed by atoms with E-state index >= 15 is 0 Å². The summed E-state index contributed by atoms with van der Waals surface area (Å²) in [6.45, 7) is 1.45. The summed E-state index contributed by atoms with van der Waals surface area (Å²) in [6, 6.07) is 25.1. The van der Waals surface area contributed by atoms with Gasteiger partial charge in [-0.2, -0.15) is 0 Å². The van der Waals surface area contributed by atoms with Crippen LogP contribution in [0.3, 0.4) is 0 Å². The molecule has 2 heterocycles. The monoisotopic (exact) mass is 468 g/mol. The lowest BCUT2D eigenvalue weighted by Crippen LogP contribution is -2.38. The molecule has 1 aliphatic heterocycles. The molecule has 3 aromatic carbocycles. The van der Waals surface area contributed by atoms with Gasteiger partial charge in [0.05, 0.1) is 5.69 Å². The number of hydrogen-bond donors (Lipinski definition) is 1. The summed E-state index contributed by atoms with van der Waals surface area (Å²) in [7, 11) is 0. The molecular weight excluding hydrogens is 443 g/mol. The third-order valence-corrected chi connectivity index (χ3v) is 6.08. The van der Waals surface area contributed by atoms with Gasteiger partial charge >= 0.3 is 0 Å². The molecule has 0 spiro atoms. The molecule has 7 heteroatoms. The summed E-state index contributed by atoms with van der Waals surface area (Å²) in [5.41, 5.74) is 2.33. The zero-order valence-electron chi connectivity index (χ0n) is 19.1. The zero-order chi connectivity index (χ0) is 24.0. The number of amides is 1. The van der Waals surface area contributed by atoms with Crippen LogP contribution in [-0.4, -0.2) is 29.0 Å². The van der Waals surface area contributed by atoms with Gasteiger partial charge in [-0.3, -0.25) is 4.79 Å². The van der Waals surface area contributed by atoms with Crippen LogP contribution in [0.15, 0.2) is 91.3 Å². The number of carbonyl (C=O) groups excluding carboxylic acids is 1. The molecule has 1 aliphatic rings. The van der Waals surface area contributed by atoms with Gasteiger partial charge in [-0.05, 0) is 73.5 Å². The van der Waals surface area contributed by atoms with E-state index in [0.717, 1.165) is 54.4 Å².